The van der Waals surface area contributed by atoms with Gasteiger partial charge in [-0.1, -0.05) is 30.0 Å². The number of aromatic nitrogens is 2. The number of aliphatic hydroxyl groups is 1. The highest BCUT2D eigenvalue weighted by atomic mass is 32.2. The first-order valence-corrected chi connectivity index (χ1v) is 9.44. The number of thioether (sulfide) groups is 1. The molecule has 0 saturated carbocycles. The molecule has 0 aliphatic carbocycles. The second-order valence-electron chi connectivity index (χ2n) is 5.69. The van der Waals surface area contributed by atoms with E-state index in [0.717, 1.165) is 6.07 Å². The lowest BCUT2D eigenvalue weighted by atomic mass is 10.1. The fourth-order valence-electron chi connectivity index (χ4n) is 2.52. The molecule has 27 heavy (non-hydrogen) atoms. The maximum absolute atomic E-state index is 13.2. The first kappa shape index (κ1) is 21.3. The van der Waals surface area contributed by atoms with Gasteiger partial charge in [-0.15, -0.1) is 0 Å². The van der Waals surface area contributed by atoms with Gasteiger partial charge in [0.25, 0.3) is 0 Å². The third kappa shape index (κ3) is 6.00. The second kappa shape index (κ2) is 9.80. The van der Waals surface area contributed by atoms with E-state index < -0.39 is 11.7 Å². The van der Waals surface area contributed by atoms with Gasteiger partial charge < -0.3 is 14.4 Å². The Hall–Kier alpha value is -2.00. The van der Waals surface area contributed by atoms with Gasteiger partial charge >= 0.3 is 12.1 Å². The Kier molecular flexibility index (Phi) is 7.73. The van der Waals surface area contributed by atoms with Crippen molar-refractivity contribution in [2.45, 2.75) is 44.2 Å². The van der Waals surface area contributed by atoms with Gasteiger partial charge in [0.15, 0.2) is 5.16 Å². The highest BCUT2D eigenvalue weighted by Crippen LogP contribution is 2.33. The molecule has 0 spiro atoms. The summed E-state index contributed by atoms with van der Waals surface area (Å²) in [5.41, 5.74) is -0.174. The fourth-order valence-corrected chi connectivity index (χ4v) is 3.46. The van der Waals surface area contributed by atoms with Crippen molar-refractivity contribution in [3.8, 4) is 0 Å². The minimum absolute atomic E-state index is 0.0498. The molecule has 1 N–H and O–H groups in total. The lowest BCUT2D eigenvalue weighted by Gasteiger charge is -2.16. The molecule has 148 valence electrons. The van der Waals surface area contributed by atoms with Crippen LogP contribution in [0, 0.1) is 0 Å². The third-order valence-electron chi connectivity index (χ3n) is 3.78. The molecule has 0 saturated heterocycles. The Balaban J connectivity index is 2.11. The first-order valence-electron chi connectivity index (χ1n) is 8.45. The topological polar surface area (TPSA) is 64.3 Å². The number of nitrogens with zero attached hydrogens (tertiary/aromatic N) is 2. The van der Waals surface area contributed by atoms with Crippen molar-refractivity contribution in [2.75, 3.05) is 12.4 Å². The predicted molar refractivity (Wildman–Crippen MR) is 95.3 cm³/mol. The normalized spacial score (nSPS) is 11.6. The van der Waals surface area contributed by atoms with Crippen LogP contribution in [0.25, 0.3) is 0 Å². The van der Waals surface area contributed by atoms with Crippen molar-refractivity contribution in [3.05, 3.63) is 47.3 Å². The number of carbonyl (C=O) groups excluding carboxylic acids is 1. The zero-order valence-corrected chi connectivity index (χ0v) is 15.6. The molecular weight excluding hydrogens is 381 g/mol. The van der Waals surface area contributed by atoms with Gasteiger partial charge in [-0.05, 0) is 25.0 Å². The summed E-state index contributed by atoms with van der Waals surface area (Å²) in [6, 6.07) is 5.35. The van der Waals surface area contributed by atoms with E-state index in [1.165, 1.54) is 30.1 Å². The number of carbonyl (C=O) groups is 1. The Morgan fingerprint density at radius 3 is 2.74 bits per heavy atom. The number of imidazole rings is 1. The van der Waals surface area contributed by atoms with Crippen LogP contribution in [0.5, 0.6) is 0 Å². The Bertz CT molecular complexity index is 763. The minimum Gasteiger partial charge on any atom is -0.466 e. The van der Waals surface area contributed by atoms with Crippen LogP contribution in [0.2, 0.25) is 0 Å². The average molecular weight is 402 g/mol. The molecule has 0 radical (unpaired) electrons. The van der Waals surface area contributed by atoms with Crippen LogP contribution in [-0.2, 0) is 28.9 Å². The summed E-state index contributed by atoms with van der Waals surface area (Å²) < 4.78 is 46.1. The van der Waals surface area contributed by atoms with Gasteiger partial charge in [0.2, 0.25) is 0 Å². The fraction of sp³-hybridized carbons (Fsp3) is 0.444. The summed E-state index contributed by atoms with van der Waals surface area (Å²) in [6.07, 6.45) is -2.18. The SMILES string of the molecule is CCOC(=O)CCCSc1ncc(CO)n1Cc1ccccc1C(F)(F)F. The summed E-state index contributed by atoms with van der Waals surface area (Å²) >= 11 is 1.33. The van der Waals surface area contributed by atoms with Crippen molar-refractivity contribution in [1.29, 1.82) is 0 Å². The second-order valence-corrected chi connectivity index (χ2v) is 6.75. The zero-order valence-electron chi connectivity index (χ0n) is 14.8. The molecule has 9 heteroatoms. The zero-order chi connectivity index (χ0) is 19.9. The van der Waals surface area contributed by atoms with E-state index in [0.29, 0.717) is 29.6 Å². The van der Waals surface area contributed by atoms with E-state index >= 15 is 0 Å². The molecule has 0 aliphatic rings. The van der Waals surface area contributed by atoms with E-state index in [1.54, 1.807) is 17.6 Å². The van der Waals surface area contributed by atoms with Crippen LogP contribution in [0.1, 0.15) is 36.6 Å². The van der Waals surface area contributed by atoms with Gasteiger partial charge in [0.05, 0.1) is 37.2 Å². The third-order valence-corrected chi connectivity index (χ3v) is 4.85. The van der Waals surface area contributed by atoms with Crippen LogP contribution < -0.4 is 0 Å². The molecule has 0 unspecified atom stereocenters. The van der Waals surface area contributed by atoms with Crippen molar-refractivity contribution in [3.63, 3.8) is 0 Å². The summed E-state index contributed by atoms with van der Waals surface area (Å²) in [7, 11) is 0. The number of hydrogen-bond acceptors (Lipinski definition) is 5. The molecule has 0 aliphatic heterocycles. The number of halogens is 3. The number of alkyl halides is 3. The maximum atomic E-state index is 13.2. The molecule has 0 fully saturated rings. The molecule has 0 amide bonds. The van der Waals surface area contributed by atoms with Crippen LogP contribution in [0.3, 0.4) is 0 Å². The smallest absolute Gasteiger partial charge is 0.416 e. The molecule has 1 heterocycles. The quantitative estimate of drug-likeness (QED) is 0.392. The van der Waals surface area contributed by atoms with Gasteiger partial charge in [-0.3, -0.25) is 4.79 Å². The molecule has 2 aromatic rings. The standard InChI is InChI=1S/C18H21F3N2O3S/c1-2-26-16(25)8-5-9-27-17-22-10-14(12-24)23(17)11-13-6-3-4-7-15(13)18(19,20)21/h3-4,6-7,10,24H,2,5,8-9,11-12H2,1H3. The van der Waals surface area contributed by atoms with Crippen LogP contribution in [-0.4, -0.2) is 33.0 Å². The average Bonchev–Trinajstić information content (AvgIpc) is 3.00. The minimum atomic E-state index is -4.45. The van der Waals surface area contributed by atoms with Crippen molar-refractivity contribution >= 4 is 17.7 Å². The summed E-state index contributed by atoms with van der Waals surface area (Å²) in [5, 5.41) is 9.99. The number of aliphatic hydroxyl groups excluding tert-OH is 1. The molecule has 2 rings (SSSR count). The lowest BCUT2D eigenvalue weighted by molar-refractivity contribution is -0.143. The molecule has 0 atom stereocenters. The van der Waals surface area contributed by atoms with Gasteiger partial charge in [0, 0.05) is 12.2 Å². The Morgan fingerprint density at radius 2 is 2.07 bits per heavy atom. The number of esters is 1. The summed E-state index contributed by atoms with van der Waals surface area (Å²) in [5.74, 6) is 0.276. The Morgan fingerprint density at radius 1 is 1.33 bits per heavy atom. The maximum Gasteiger partial charge on any atom is 0.416 e. The Labute approximate surface area is 159 Å². The number of rotatable bonds is 9. The highest BCUT2D eigenvalue weighted by molar-refractivity contribution is 7.99. The van der Waals surface area contributed by atoms with Crippen molar-refractivity contribution in [2.24, 2.45) is 0 Å². The largest absolute Gasteiger partial charge is 0.466 e. The monoisotopic (exact) mass is 402 g/mol. The molecule has 1 aromatic carbocycles. The number of benzene rings is 1. The van der Waals surface area contributed by atoms with Crippen molar-refractivity contribution in [1.82, 2.24) is 9.55 Å². The molecule has 5 nitrogen and oxygen atoms in total. The highest BCUT2D eigenvalue weighted by Gasteiger charge is 2.33. The molecular formula is C18H21F3N2O3S. The van der Waals surface area contributed by atoms with E-state index in [1.807, 2.05) is 0 Å². The number of ether oxygens (including phenoxy) is 1. The lowest BCUT2D eigenvalue weighted by Crippen LogP contribution is -2.13. The molecule has 0 bridgehead atoms. The van der Waals surface area contributed by atoms with Gasteiger partial charge in [-0.2, -0.15) is 13.2 Å². The van der Waals surface area contributed by atoms with E-state index in [9.17, 15) is 23.1 Å². The summed E-state index contributed by atoms with van der Waals surface area (Å²) in [4.78, 5) is 15.5. The van der Waals surface area contributed by atoms with Crippen LogP contribution in [0.4, 0.5) is 13.2 Å². The van der Waals surface area contributed by atoms with E-state index in [4.69, 9.17) is 4.74 Å². The van der Waals surface area contributed by atoms with Crippen molar-refractivity contribution < 1.29 is 27.8 Å². The predicted octanol–water partition coefficient (Wildman–Crippen LogP) is 3.88. The van der Waals surface area contributed by atoms with Crippen LogP contribution in [0.15, 0.2) is 35.6 Å². The van der Waals surface area contributed by atoms with E-state index in [2.05, 4.69) is 4.98 Å². The van der Waals surface area contributed by atoms with Gasteiger partial charge in [0.1, 0.15) is 0 Å². The van der Waals surface area contributed by atoms with Crippen LogP contribution >= 0.6 is 11.8 Å². The van der Waals surface area contributed by atoms with Gasteiger partial charge in [-0.25, -0.2) is 4.98 Å². The first-order chi connectivity index (χ1) is 12.9. The summed E-state index contributed by atoms with van der Waals surface area (Å²) in [6.45, 7) is 1.68. The molecule has 1 aromatic heterocycles. The number of hydrogen-bond donors (Lipinski definition) is 1. The van der Waals surface area contributed by atoms with E-state index in [-0.39, 0.29) is 31.1 Å².